The number of anilines is 3. The summed E-state index contributed by atoms with van der Waals surface area (Å²) in [5.41, 5.74) is -0.000497. The number of methoxy groups -OCH3 is 1. The highest BCUT2D eigenvalue weighted by molar-refractivity contribution is 6.07. The number of aromatic nitrogens is 5. The largest absolute Gasteiger partial charge is 0.443 e. The quantitative estimate of drug-likeness (QED) is 0.339. The molecule has 0 bridgehead atoms. The van der Waals surface area contributed by atoms with Crippen LogP contribution in [0.1, 0.15) is 44.2 Å². The Hall–Kier alpha value is -4.85. The van der Waals surface area contributed by atoms with E-state index in [4.69, 9.17) is 14.0 Å². The van der Waals surface area contributed by atoms with E-state index in [9.17, 15) is 14.4 Å². The van der Waals surface area contributed by atoms with Crippen LogP contribution in [-0.4, -0.2) is 68.6 Å². The van der Waals surface area contributed by atoms with E-state index in [1.165, 1.54) is 41.3 Å². The van der Waals surface area contributed by atoms with Gasteiger partial charge in [-0.05, 0) is 45.7 Å². The van der Waals surface area contributed by atoms with Crippen molar-refractivity contribution in [3.8, 4) is 5.69 Å². The average molecular weight is 563 g/mol. The summed E-state index contributed by atoms with van der Waals surface area (Å²) in [4.78, 5) is 53.2. The van der Waals surface area contributed by atoms with Crippen molar-refractivity contribution < 1.29 is 23.6 Å². The lowest BCUT2D eigenvalue weighted by atomic mass is 9.89. The van der Waals surface area contributed by atoms with Gasteiger partial charge in [0.25, 0.3) is 11.5 Å². The van der Waals surface area contributed by atoms with E-state index >= 15 is 0 Å². The minimum atomic E-state index is -0.760. The van der Waals surface area contributed by atoms with Crippen molar-refractivity contribution in [1.82, 2.24) is 30.0 Å². The predicted molar refractivity (Wildman–Crippen MR) is 149 cm³/mol. The van der Waals surface area contributed by atoms with Crippen molar-refractivity contribution in [3.05, 3.63) is 59.2 Å². The Kier molecular flexibility index (Phi) is 7.41. The van der Waals surface area contributed by atoms with E-state index in [1.54, 1.807) is 46.2 Å². The van der Waals surface area contributed by atoms with E-state index < -0.39 is 23.2 Å². The molecule has 2 amide bonds. The molecule has 14 nitrogen and oxygen atoms in total. The monoisotopic (exact) mass is 562 g/mol. The summed E-state index contributed by atoms with van der Waals surface area (Å²) in [6.45, 7) is 5.25. The second kappa shape index (κ2) is 11.0. The highest BCUT2D eigenvalue weighted by Crippen LogP contribution is 2.32. The maximum absolute atomic E-state index is 13.3. The van der Waals surface area contributed by atoms with Crippen molar-refractivity contribution in [1.29, 1.82) is 0 Å². The molecule has 2 atom stereocenters. The van der Waals surface area contributed by atoms with Gasteiger partial charge in [0.2, 0.25) is 5.76 Å². The van der Waals surface area contributed by atoms with E-state index in [1.807, 2.05) is 0 Å². The van der Waals surface area contributed by atoms with Gasteiger partial charge in [0.05, 0.1) is 35.9 Å². The lowest BCUT2D eigenvalue weighted by molar-refractivity contribution is 0.00677. The van der Waals surface area contributed by atoms with Crippen molar-refractivity contribution in [2.24, 2.45) is 0 Å². The highest BCUT2D eigenvalue weighted by atomic mass is 16.6. The zero-order chi connectivity index (χ0) is 29.3. The molecule has 14 heteroatoms. The number of carbonyl (C=O) groups is 2. The van der Waals surface area contributed by atoms with E-state index in [2.05, 4.69) is 30.7 Å². The van der Waals surface area contributed by atoms with Gasteiger partial charge < -0.3 is 24.6 Å². The molecular formula is C27H30N8O6. The molecule has 0 radical (unpaired) electrons. The Morgan fingerprint density at radius 2 is 1.93 bits per heavy atom. The maximum atomic E-state index is 13.3. The molecule has 0 saturated heterocycles. The Balaban J connectivity index is 1.56. The maximum Gasteiger partial charge on any atom is 0.414 e. The van der Waals surface area contributed by atoms with Crippen LogP contribution >= 0.6 is 0 Å². The van der Waals surface area contributed by atoms with Gasteiger partial charge in [-0.25, -0.2) is 19.7 Å². The second-order valence-corrected chi connectivity index (χ2v) is 10.5. The van der Waals surface area contributed by atoms with Crippen LogP contribution in [0.25, 0.3) is 16.7 Å². The number of rotatable bonds is 7. The third kappa shape index (κ3) is 5.72. The SMILES string of the molecule is CO[C@@H]1CC[C@H]1NC(=O)c1onc2c(N(C)C(=O)OC(C)(C)C)cc(Nc3cccn(-c4cncnc4)c3=O)nc12. The smallest absolute Gasteiger partial charge is 0.414 e. The second-order valence-electron chi connectivity index (χ2n) is 10.5. The fraction of sp³-hybridized carbons (Fsp3) is 0.370. The molecule has 5 rings (SSSR count). The summed E-state index contributed by atoms with van der Waals surface area (Å²) in [6.07, 6.45) is 6.81. The first-order valence-electron chi connectivity index (χ1n) is 12.9. The fourth-order valence-corrected chi connectivity index (χ4v) is 4.30. The molecule has 2 N–H and O–H groups in total. The van der Waals surface area contributed by atoms with Gasteiger partial charge in [0, 0.05) is 26.4 Å². The zero-order valence-corrected chi connectivity index (χ0v) is 23.2. The van der Waals surface area contributed by atoms with Crippen molar-refractivity contribution in [2.75, 3.05) is 24.4 Å². The normalized spacial score (nSPS) is 16.6. The van der Waals surface area contributed by atoms with Crippen LogP contribution in [0.4, 0.5) is 22.0 Å². The molecule has 4 aromatic heterocycles. The van der Waals surface area contributed by atoms with Gasteiger partial charge in [-0.3, -0.25) is 19.1 Å². The molecule has 1 fully saturated rings. The number of fused-ring (bicyclic) bond motifs is 1. The molecule has 1 saturated carbocycles. The molecule has 0 unspecified atom stereocenters. The molecular weight excluding hydrogens is 532 g/mol. The summed E-state index contributed by atoms with van der Waals surface area (Å²) < 4.78 is 17.7. The standard InChI is InChI=1S/C27H30N8O6/c1-27(2,3)40-26(38)34(4)18-11-20(30-17-7-6-10-35(25(17)37)15-12-28-14-29-13-15)32-22-21(18)33-41-23(22)24(36)31-16-8-9-19(16)39-5/h6-7,10-14,16,19H,8-9H2,1-5H3,(H,30,32)(H,31,36)/t16-,19-/m1/s1. The minimum absolute atomic E-state index is 0.0950. The fourth-order valence-electron chi connectivity index (χ4n) is 4.30. The number of nitrogens with zero attached hydrogens (tertiary/aromatic N) is 6. The molecule has 1 aliphatic rings. The first-order chi connectivity index (χ1) is 19.6. The number of amides is 2. The molecule has 1 aliphatic carbocycles. The van der Waals surface area contributed by atoms with E-state index in [0.29, 0.717) is 5.69 Å². The van der Waals surface area contributed by atoms with E-state index in [-0.39, 0.29) is 46.1 Å². The summed E-state index contributed by atoms with van der Waals surface area (Å²) in [7, 11) is 3.09. The van der Waals surface area contributed by atoms with Crippen molar-refractivity contribution in [3.63, 3.8) is 0 Å². The summed E-state index contributed by atoms with van der Waals surface area (Å²) in [5, 5.41) is 9.96. The van der Waals surface area contributed by atoms with Gasteiger partial charge in [0.1, 0.15) is 29.0 Å². The molecule has 0 aliphatic heterocycles. The average Bonchev–Trinajstić information content (AvgIpc) is 3.35. The Morgan fingerprint density at radius 3 is 2.59 bits per heavy atom. The number of hydrogen-bond donors (Lipinski definition) is 2. The molecule has 41 heavy (non-hydrogen) atoms. The van der Waals surface area contributed by atoms with Crippen molar-refractivity contribution in [2.45, 2.75) is 51.4 Å². The number of hydrogen-bond acceptors (Lipinski definition) is 11. The van der Waals surface area contributed by atoms with Gasteiger partial charge >= 0.3 is 6.09 Å². The molecule has 0 aromatic carbocycles. The Bertz CT molecular complexity index is 1640. The van der Waals surface area contributed by atoms with Crippen LogP contribution in [0, 0.1) is 0 Å². The van der Waals surface area contributed by atoms with Crippen LogP contribution in [0.3, 0.4) is 0 Å². The van der Waals surface area contributed by atoms with Gasteiger partial charge in [-0.1, -0.05) is 5.16 Å². The van der Waals surface area contributed by atoms with Crippen LogP contribution in [-0.2, 0) is 9.47 Å². The zero-order valence-electron chi connectivity index (χ0n) is 23.2. The van der Waals surface area contributed by atoms with Gasteiger partial charge in [0.15, 0.2) is 5.52 Å². The topological polar surface area (TPSA) is 167 Å². The lowest BCUT2D eigenvalue weighted by Gasteiger charge is -2.35. The molecule has 4 heterocycles. The van der Waals surface area contributed by atoms with Crippen LogP contribution in [0.2, 0.25) is 0 Å². The first-order valence-corrected chi connectivity index (χ1v) is 12.9. The number of carbonyl (C=O) groups excluding carboxylic acids is 2. The van der Waals surface area contributed by atoms with Crippen molar-refractivity contribution >= 4 is 40.2 Å². The van der Waals surface area contributed by atoms with Gasteiger partial charge in [-0.2, -0.15) is 0 Å². The number of ether oxygens (including phenoxy) is 2. The molecule has 4 aromatic rings. The summed E-state index contributed by atoms with van der Waals surface area (Å²) in [5.74, 6) is -0.505. The molecule has 0 spiro atoms. The minimum Gasteiger partial charge on any atom is -0.443 e. The first kappa shape index (κ1) is 27.7. The highest BCUT2D eigenvalue weighted by Gasteiger charge is 2.34. The summed E-state index contributed by atoms with van der Waals surface area (Å²) in [6, 6.07) is 4.59. The number of pyridine rings is 2. The van der Waals surface area contributed by atoms with Crippen LogP contribution in [0.15, 0.2) is 52.4 Å². The summed E-state index contributed by atoms with van der Waals surface area (Å²) >= 11 is 0. The van der Waals surface area contributed by atoms with E-state index in [0.717, 1.165) is 12.8 Å². The van der Waals surface area contributed by atoms with Gasteiger partial charge in [-0.15, -0.1) is 0 Å². The van der Waals surface area contributed by atoms with Crippen LogP contribution in [0.5, 0.6) is 0 Å². The Morgan fingerprint density at radius 1 is 1.17 bits per heavy atom. The third-order valence-corrected chi connectivity index (χ3v) is 6.52. The lowest BCUT2D eigenvalue weighted by Crippen LogP contribution is -2.51. The number of nitrogens with one attached hydrogen (secondary N) is 2. The predicted octanol–water partition coefficient (Wildman–Crippen LogP) is 3.19. The Labute approximate surface area is 234 Å². The molecule has 214 valence electrons. The van der Waals surface area contributed by atoms with Crippen LogP contribution < -0.4 is 21.1 Å². The third-order valence-electron chi connectivity index (χ3n) is 6.52.